The summed E-state index contributed by atoms with van der Waals surface area (Å²) in [5, 5.41) is 3.35. The van der Waals surface area contributed by atoms with Crippen molar-refractivity contribution in [3.63, 3.8) is 0 Å². The van der Waals surface area contributed by atoms with Crippen LogP contribution in [0.25, 0.3) is 0 Å². The maximum Gasteiger partial charge on any atom is 0.0235 e. The molecule has 2 aliphatic rings. The molecule has 0 aromatic heterocycles. The molecule has 21 heavy (non-hydrogen) atoms. The third-order valence-electron chi connectivity index (χ3n) is 5.06. The van der Waals surface area contributed by atoms with Crippen LogP contribution in [0.2, 0.25) is 0 Å². The van der Waals surface area contributed by atoms with E-state index in [1.807, 2.05) is 0 Å². The second-order valence-electron chi connectivity index (χ2n) is 6.72. The molecule has 3 rings (SSSR count). The molecule has 2 fully saturated rings. The highest BCUT2D eigenvalue weighted by Gasteiger charge is 2.30. The number of benzene rings is 1. The summed E-state index contributed by atoms with van der Waals surface area (Å²) >= 11 is 0. The molecule has 116 valence electrons. The van der Waals surface area contributed by atoms with Gasteiger partial charge in [0, 0.05) is 32.2 Å². The number of rotatable bonds is 5. The average molecular weight is 287 g/mol. The largest absolute Gasteiger partial charge is 0.319 e. The molecular formula is C18H29N3. The third kappa shape index (κ3) is 4.06. The van der Waals surface area contributed by atoms with E-state index < -0.39 is 0 Å². The molecule has 0 amide bonds. The van der Waals surface area contributed by atoms with Crippen molar-refractivity contribution in [2.45, 2.75) is 31.8 Å². The van der Waals surface area contributed by atoms with Crippen molar-refractivity contribution in [2.75, 3.05) is 39.8 Å². The van der Waals surface area contributed by atoms with Crippen LogP contribution in [0.3, 0.4) is 0 Å². The lowest BCUT2D eigenvalue weighted by atomic mass is 9.96. The van der Waals surface area contributed by atoms with Crippen LogP contribution in [-0.2, 0) is 6.54 Å². The topological polar surface area (TPSA) is 18.5 Å². The Balaban J connectivity index is 1.50. The van der Waals surface area contributed by atoms with Gasteiger partial charge in [0.1, 0.15) is 0 Å². The molecule has 2 aliphatic heterocycles. The van der Waals surface area contributed by atoms with E-state index in [-0.39, 0.29) is 0 Å². The third-order valence-corrected chi connectivity index (χ3v) is 5.06. The normalized spacial score (nSPS) is 28.0. The SMILES string of the molecule is CNCC1CCCN(C2CCN(Cc3ccccc3)C2)C1. The molecule has 0 spiro atoms. The Labute approximate surface area is 129 Å². The minimum absolute atomic E-state index is 0.786. The van der Waals surface area contributed by atoms with Gasteiger partial charge in [0.2, 0.25) is 0 Å². The molecule has 0 bridgehead atoms. The number of piperidine rings is 1. The first-order valence-electron chi connectivity index (χ1n) is 8.50. The van der Waals surface area contributed by atoms with Crippen molar-refractivity contribution in [2.24, 2.45) is 5.92 Å². The molecule has 2 atom stereocenters. The zero-order valence-corrected chi connectivity index (χ0v) is 13.3. The van der Waals surface area contributed by atoms with Gasteiger partial charge in [-0.3, -0.25) is 9.80 Å². The molecule has 2 saturated heterocycles. The van der Waals surface area contributed by atoms with Gasteiger partial charge in [-0.15, -0.1) is 0 Å². The van der Waals surface area contributed by atoms with E-state index in [0.29, 0.717) is 0 Å². The molecule has 0 saturated carbocycles. The Morgan fingerprint density at radius 1 is 1.10 bits per heavy atom. The summed E-state index contributed by atoms with van der Waals surface area (Å²) in [7, 11) is 2.08. The highest BCUT2D eigenvalue weighted by Crippen LogP contribution is 2.24. The van der Waals surface area contributed by atoms with Crippen molar-refractivity contribution < 1.29 is 0 Å². The molecule has 1 N–H and O–H groups in total. The molecular weight excluding hydrogens is 258 g/mol. The van der Waals surface area contributed by atoms with Gasteiger partial charge in [0.05, 0.1) is 0 Å². The number of hydrogen-bond donors (Lipinski definition) is 1. The Morgan fingerprint density at radius 3 is 2.76 bits per heavy atom. The van der Waals surface area contributed by atoms with Crippen LogP contribution >= 0.6 is 0 Å². The predicted molar refractivity (Wildman–Crippen MR) is 88.3 cm³/mol. The van der Waals surface area contributed by atoms with E-state index in [2.05, 4.69) is 52.5 Å². The van der Waals surface area contributed by atoms with Crippen molar-refractivity contribution in [3.8, 4) is 0 Å². The monoisotopic (exact) mass is 287 g/mol. The van der Waals surface area contributed by atoms with Gasteiger partial charge in [0.25, 0.3) is 0 Å². The highest BCUT2D eigenvalue weighted by molar-refractivity contribution is 5.14. The quantitative estimate of drug-likeness (QED) is 0.895. The van der Waals surface area contributed by atoms with Crippen LogP contribution < -0.4 is 5.32 Å². The van der Waals surface area contributed by atoms with E-state index in [9.17, 15) is 0 Å². The van der Waals surface area contributed by atoms with Gasteiger partial charge < -0.3 is 5.32 Å². The van der Waals surface area contributed by atoms with E-state index in [1.54, 1.807) is 0 Å². The molecule has 0 radical (unpaired) electrons. The maximum absolute atomic E-state index is 3.35. The Hall–Kier alpha value is -0.900. The smallest absolute Gasteiger partial charge is 0.0235 e. The summed E-state index contributed by atoms with van der Waals surface area (Å²) in [4.78, 5) is 5.39. The van der Waals surface area contributed by atoms with Crippen molar-refractivity contribution in [1.82, 2.24) is 15.1 Å². The Morgan fingerprint density at radius 2 is 1.95 bits per heavy atom. The standard InChI is InChI=1S/C18H29N3/c1-19-12-17-8-5-10-21(14-17)18-9-11-20(15-18)13-16-6-3-2-4-7-16/h2-4,6-7,17-19H,5,8-15H2,1H3. The van der Waals surface area contributed by atoms with Gasteiger partial charge >= 0.3 is 0 Å². The summed E-state index contributed by atoms with van der Waals surface area (Å²) < 4.78 is 0. The lowest BCUT2D eigenvalue weighted by Gasteiger charge is -2.36. The average Bonchev–Trinajstić information content (AvgIpc) is 2.97. The van der Waals surface area contributed by atoms with E-state index in [0.717, 1.165) is 18.5 Å². The number of nitrogens with one attached hydrogen (secondary N) is 1. The fraction of sp³-hybridized carbons (Fsp3) is 0.667. The van der Waals surface area contributed by atoms with Crippen LogP contribution in [0.5, 0.6) is 0 Å². The van der Waals surface area contributed by atoms with Crippen LogP contribution in [0, 0.1) is 5.92 Å². The first-order chi connectivity index (χ1) is 10.3. The molecule has 2 unspecified atom stereocenters. The summed E-state index contributed by atoms with van der Waals surface area (Å²) in [5.74, 6) is 0.854. The second-order valence-corrected chi connectivity index (χ2v) is 6.72. The van der Waals surface area contributed by atoms with Gasteiger partial charge in [-0.05, 0) is 50.9 Å². The van der Waals surface area contributed by atoms with Crippen LogP contribution in [0.4, 0.5) is 0 Å². The first-order valence-corrected chi connectivity index (χ1v) is 8.50. The summed E-state index contributed by atoms with van der Waals surface area (Å²) in [6, 6.07) is 11.7. The Kier molecular flexibility index (Phi) is 5.28. The molecule has 3 heteroatoms. The second kappa shape index (κ2) is 7.39. The lowest BCUT2D eigenvalue weighted by molar-refractivity contribution is 0.123. The van der Waals surface area contributed by atoms with Gasteiger partial charge in [-0.25, -0.2) is 0 Å². The fourth-order valence-electron chi connectivity index (χ4n) is 3.98. The van der Waals surface area contributed by atoms with Crippen LogP contribution in [-0.4, -0.2) is 55.6 Å². The first kappa shape index (κ1) is 15.0. The minimum atomic E-state index is 0.786. The van der Waals surface area contributed by atoms with Crippen molar-refractivity contribution in [3.05, 3.63) is 35.9 Å². The number of likely N-dealkylation sites (tertiary alicyclic amines) is 2. The molecule has 0 aliphatic carbocycles. The van der Waals surface area contributed by atoms with E-state index in [4.69, 9.17) is 0 Å². The van der Waals surface area contributed by atoms with Gasteiger partial charge in [0.15, 0.2) is 0 Å². The van der Waals surface area contributed by atoms with Crippen molar-refractivity contribution in [1.29, 1.82) is 0 Å². The highest BCUT2D eigenvalue weighted by atomic mass is 15.3. The van der Waals surface area contributed by atoms with Crippen molar-refractivity contribution >= 4 is 0 Å². The summed E-state index contributed by atoms with van der Waals surface area (Å²) in [5.41, 5.74) is 1.45. The summed E-state index contributed by atoms with van der Waals surface area (Å²) in [6.07, 6.45) is 4.12. The Bertz CT molecular complexity index is 418. The van der Waals surface area contributed by atoms with Gasteiger partial charge in [-0.1, -0.05) is 30.3 Å². The van der Waals surface area contributed by atoms with Crippen LogP contribution in [0.15, 0.2) is 30.3 Å². The lowest BCUT2D eigenvalue weighted by Crippen LogP contribution is -2.45. The molecule has 1 aromatic carbocycles. The zero-order valence-electron chi connectivity index (χ0n) is 13.3. The van der Waals surface area contributed by atoms with Gasteiger partial charge in [-0.2, -0.15) is 0 Å². The predicted octanol–water partition coefficient (Wildman–Crippen LogP) is 2.19. The fourth-order valence-corrected chi connectivity index (χ4v) is 3.98. The minimum Gasteiger partial charge on any atom is -0.319 e. The molecule has 2 heterocycles. The number of nitrogens with zero attached hydrogens (tertiary/aromatic N) is 2. The molecule has 3 nitrogen and oxygen atoms in total. The maximum atomic E-state index is 3.35. The number of hydrogen-bond acceptors (Lipinski definition) is 3. The molecule has 1 aromatic rings. The summed E-state index contributed by atoms with van der Waals surface area (Å²) in [6.45, 7) is 7.41. The van der Waals surface area contributed by atoms with Crippen LogP contribution in [0.1, 0.15) is 24.8 Å². The van der Waals surface area contributed by atoms with E-state index >= 15 is 0 Å². The zero-order chi connectivity index (χ0) is 14.5. The van der Waals surface area contributed by atoms with E-state index in [1.165, 1.54) is 57.5 Å².